The van der Waals surface area contributed by atoms with Gasteiger partial charge in [0.2, 0.25) is 5.91 Å². The van der Waals surface area contributed by atoms with E-state index in [0.717, 1.165) is 22.9 Å². The predicted molar refractivity (Wildman–Crippen MR) is 98.8 cm³/mol. The van der Waals surface area contributed by atoms with E-state index in [1.54, 1.807) is 29.6 Å². The van der Waals surface area contributed by atoms with Crippen molar-refractivity contribution in [3.63, 3.8) is 0 Å². The second-order valence-corrected chi connectivity index (χ2v) is 6.25. The van der Waals surface area contributed by atoms with Gasteiger partial charge in [-0.05, 0) is 36.4 Å². The first-order chi connectivity index (χ1) is 12.7. The van der Waals surface area contributed by atoms with E-state index in [2.05, 4.69) is 15.3 Å². The Hall–Kier alpha value is -3.28. The van der Waals surface area contributed by atoms with Crippen molar-refractivity contribution in [2.45, 2.75) is 18.9 Å². The molecule has 1 fully saturated rings. The van der Waals surface area contributed by atoms with Crippen LogP contribution >= 0.6 is 0 Å². The van der Waals surface area contributed by atoms with Gasteiger partial charge >= 0.3 is 0 Å². The van der Waals surface area contributed by atoms with E-state index in [-0.39, 0.29) is 11.8 Å². The zero-order valence-corrected chi connectivity index (χ0v) is 14.1. The van der Waals surface area contributed by atoms with Crippen LogP contribution in [0.5, 0.6) is 0 Å². The third kappa shape index (κ3) is 3.01. The Morgan fingerprint density at radius 2 is 2.00 bits per heavy atom. The summed E-state index contributed by atoms with van der Waals surface area (Å²) < 4.78 is 0. The number of hydrogen-bond donors (Lipinski definition) is 1. The number of carbonyl (C=O) groups excluding carboxylic acids is 2. The van der Waals surface area contributed by atoms with Crippen LogP contribution in [0.2, 0.25) is 0 Å². The van der Waals surface area contributed by atoms with Gasteiger partial charge in [-0.2, -0.15) is 0 Å². The molecule has 3 heterocycles. The van der Waals surface area contributed by atoms with Gasteiger partial charge in [-0.15, -0.1) is 0 Å². The molecule has 1 aromatic carbocycles. The number of aromatic nitrogens is 2. The fraction of sp³-hybridized carbons (Fsp3) is 0.200. The van der Waals surface area contributed by atoms with Gasteiger partial charge in [0.15, 0.2) is 0 Å². The lowest BCUT2D eigenvalue weighted by Gasteiger charge is -2.32. The maximum Gasteiger partial charge on any atom is 0.271 e. The first kappa shape index (κ1) is 16.2. The molecule has 130 valence electrons. The second kappa shape index (κ2) is 6.92. The summed E-state index contributed by atoms with van der Waals surface area (Å²) in [7, 11) is 0. The molecule has 0 radical (unpaired) electrons. The normalized spacial score (nSPS) is 17.3. The number of piperidine rings is 1. The molecule has 4 rings (SSSR count). The zero-order valence-electron chi connectivity index (χ0n) is 14.1. The minimum Gasteiger partial charge on any atom is -0.339 e. The lowest BCUT2D eigenvalue weighted by molar-refractivity contribution is -0.121. The summed E-state index contributed by atoms with van der Waals surface area (Å²) in [6, 6.07) is 12.5. The molecule has 0 saturated carbocycles. The van der Waals surface area contributed by atoms with Gasteiger partial charge in [0.1, 0.15) is 11.7 Å². The van der Waals surface area contributed by atoms with Gasteiger partial charge in [-0.25, -0.2) is 0 Å². The molecular weight excluding hydrogens is 328 g/mol. The molecular formula is C20H18N4O2. The van der Waals surface area contributed by atoms with E-state index in [1.807, 2.05) is 36.4 Å². The molecule has 2 aromatic heterocycles. The minimum absolute atomic E-state index is 0.113. The van der Waals surface area contributed by atoms with Crippen molar-refractivity contribution in [2.75, 3.05) is 11.4 Å². The number of amides is 2. The van der Waals surface area contributed by atoms with Gasteiger partial charge in [-0.3, -0.25) is 19.6 Å². The van der Waals surface area contributed by atoms with Crippen LogP contribution in [-0.4, -0.2) is 34.4 Å². The molecule has 1 aliphatic heterocycles. The highest BCUT2D eigenvalue weighted by Gasteiger charge is 2.31. The van der Waals surface area contributed by atoms with Gasteiger partial charge in [0.05, 0.1) is 11.9 Å². The third-order valence-corrected chi connectivity index (χ3v) is 4.59. The van der Waals surface area contributed by atoms with Crippen LogP contribution in [0.15, 0.2) is 61.1 Å². The van der Waals surface area contributed by atoms with Crippen molar-refractivity contribution in [2.24, 2.45) is 0 Å². The second-order valence-electron chi connectivity index (χ2n) is 6.25. The van der Waals surface area contributed by atoms with Crippen LogP contribution in [0.4, 0.5) is 5.69 Å². The van der Waals surface area contributed by atoms with E-state index in [1.165, 1.54) is 0 Å². The highest BCUT2D eigenvalue weighted by molar-refractivity contribution is 6.07. The van der Waals surface area contributed by atoms with Crippen LogP contribution in [-0.2, 0) is 4.79 Å². The third-order valence-electron chi connectivity index (χ3n) is 4.59. The van der Waals surface area contributed by atoms with E-state index in [0.29, 0.717) is 18.7 Å². The van der Waals surface area contributed by atoms with E-state index in [4.69, 9.17) is 0 Å². The average Bonchev–Trinajstić information content (AvgIpc) is 2.70. The molecule has 2 amide bonds. The molecule has 0 aliphatic carbocycles. The Morgan fingerprint density at radius 1 is 1.12 bits per heavy atom. The molecule has 1 atom stereocenters. The van der Waals surface area contributed by atoms with E-state index >= 15 is 0 Å². The highest BCUT2D eigenvalue weighted by Crippen LogP contribution is 2.21. The zero-order chi connectivity index (χ0) is 17.9. The topological polar surface area (TPSA) is 75.2 Å². The Balaban J connectivity index is 1.56. The summed E-state index contributed by atoms with van der Waals surface area (Å²) >= 11 is 0. The minimum atomic E-state index is -0.558. The molecule has 3 aromatic rings. The van der Waals surface area contributed by atoms with Crippen LogP contribution in [0.1, 0.15) is 23.3 Å². The number of carbonyl (C=O) groups is 2. The molecule has 0 spiro atoms. The number of anilines is 1. The molecule has 26 heavy (non-hydrogen) atoms. The molecule has 6 nitrogen and oxygen atoms in total. The number of benzene rings is 1. The monoisotopic (exact) mass is 346 g/mol. The van der Waals surface area contributed by atoms with Gasteiger partial charge < -0.3 is 10.2 Å². The number of nitrogens with one attached hydrogen (secondary N) is 1. The number of hydrogen-bond acceptors (Lipinski definition) is 4. The first-order valence-corrected chi connectivity index (χ1v) is 8.60. The Labute approximate surface area is 150 Å². The summed E-state index contributed by atoms with van der Waals surface area (Å²) in [5.74, 6) is -0.439. The summed E-state index contributed by atoms with van der Waals surface area (Å²) in [6.45, 7) is 0.628. The van der Waals surface area contributed by atoms with Crippen molar-refractivity contribution >= 4 is 28.3 Å². The fourth-order valence-corrected chi connectivity index (χ4v) is 3.31. The van der Waals surface area contributed by atoms with Crippen molar-refractivity contribution in [1.82, 2.24) is 15.3 Å². The van der Waals surface area contributed by atoms with Gasteiger partial charge in [0.25, 0.3) is 5.91 Å². The first-order valence-electron chi connectivity index (χ1n) is 8.60. The maximum absolute atomic E-state index is 12.8. The summed E-state index contributed by atoms with van der Waals surface area (Å²) in [6.07, 6.45) is 6.38. The van der Waals surface area contributed by atoms with Crippen molar-refractivity contribution in [1.29, 1.82) is 0 Å². The molecule has 1 saturated heterocycles. The molecule has 1 unspecified atom stereocenters. The van der Waals surface area contributed by atoms with Gasteiger partial charge in [-0.1, -0.05) is 24.3 Å². The average molecular weight is 346 g/mol. The molecule has 1 aliphatic rings. The van der Waals surface area contributed by atoms with Crippen LogP contribution in [0.3, 0.4) is 0 Å². The lowest BCUT2D eigenvalue weighted by Crippen LogP contribution is -2.52. The standard InChI is InChI=1S/C20H18N4O2/c25-19(18-16-7-2-1-5-14(16)9-11-22-18)23-17-8-4-12-24(20(17)26)15-6-3-10-21-13-15/h1-3,5-7,9-11,13,17H,4,8,12H2,(H,23,25). The Kier molecular flexibility index (Phi) is 4.31. The van der Waals surface area contributed by atoms with Crippen molar-refractivity contribution < 1.29 is 9.59 Å². The predicted octanol–water partition coefficient (Wildman–Crippen LogP) is 2.56. The summed E-state index contributed by atoms with van der Waals surface area (Å²) in [5, 5.41) is 4.59. The van der Waals surface area contributed by atoms with Crippen molar-refractivity contribution in [3.8, 4) is 0 Å². The Bertz CT molecular complexity index is 953. The van der Waals surface area contributed by atoms with Crippen LogP contribution in [0, 0.1) is 0 Å². The van der Waals surface area contributed by atoms with E-state index in [9.17, 15) is 9.59 Å². The number of rotatable bonds is 3. The van der Waals surface area contributed by atoms with Crippen molar-refractivity contribution in [3.05, 3.63) is 66.7 Å². The molecule has 1 N–H and O–H groups in total. The smallest absolute Gasteiger partial charge is 0.271 e. The molecule has 6 heteroatoms. The summed E-state index contributed by atoms with van der Waals surface area (Å²) in [5.41, 5.74) is 1.09. The Morgan fingerprint density at radius 3 is 2.85 bits per heavy atom. The lowest BCUT2D eigenvalue weighted by atomic mass is 10.0. The largest absolute Gasteiger partial charge is 0.339 e. The van der Waals surface area contributed by atoms with E-state index < -0.39 is 6.04 Å². The SMILES string of the molecule is O=C(NC1CCCN(c2cccnc2)C1=O)c1nccc2ccccc12. The van der Waals surface area contributed by atoms with Gasteiger partial charge in [0, 0.05) is 24.3 Å². The fourth-order valence-electron chi connectivity index (χ4n) is 3.31. The number of pyridine rings is 2. The number of fused-ring (bicyclic) bond motifs is 1. The number of nitrogens with zero attached hydrogens (tertiary/aromatic N) is 3. The highest BCUT2D eigenvalue weighted by atomic mass is 16.2. The quantitative estimate of drug-likeness (QED) is 0.791. The maximum atomic E-state index is 12.8. The van der Waals surface area contributed by atoms with Crippen LogP contribution in [0.25, 0.3) is 10.8 Å². The molecule has 0 bridgehead atoms. The van der Waals surface area contributed by atoms with Crippen LogP contribution < -0.4 is 10.2 Å². The summed E-state index contributed by atoms with van der Waals surface area (Å²) in [4.78, 5) is 35.6.